The summed E-state index contributed by atoms with van der Waals surface area (Å²) in [6, 6.07) is 7.57. The van der Waals surface area contributed by atoms with Gasteiger partial charge in [0.15, 0.2) is 0 Å². The molecule has 1 aliphatic rings. The molecule has 0 aromatic heterocycles. The number of nitrogens with one attached hydrogen (secondary N) is 1. The predicted molar refractivity (Wildman–Crippen MR) is 83.2 cm³/mol. The van der Waals surface area contributed by atoms with Crippen LogP contribution in [0, 0.1) is 17.2 Å². The van der Waals surface area contributed by atoms with E-state index in [0.717, 1.165) is 25.1 Å². The van der Waals surface area contributed by atoms with Gasteiger partial charge < -0.3 is 16.0 Å². The molecule has 3 N–H and O–H groups in total. The molecule has 1 heterocycles. The first-order valence-corrected chi connectivity index (χ1v) is 7.46. The highest BCUT2D eigenvalue weighted by Crippen LogP contribution is 2.30. The van der Waals surface area contributed by atoms with Crippen molar-refractivity contribution in [1.29, 1.82) is 5.26 Å². The fourth-order valence-electron chi connectivity index (χ4n) is 2.64. The molecule has 112 valence electrons. The predicted octanol–water partition coefficient (Wildman–Crippen LogP) is 1.50. The molecule has 1 aromatic carbocycles. The normalized spacial score (nSPS) is 18.1. The number of nitrogens with zero attached hydrogens (tertiary/aromatic N) is 2. The number of carbonyl (C=O) groups excluding carboxylic acids is 1. The van der Waals surface area contributed by atoms with E-state index in [4.69, 9.17) is 17.3 Å². The van der Waals surface area contributed by atoms with Crippen molar-refractivity contribution >= 4 is 23.2 Å². The van der Waals surface area contributed by atoms with E-state index in [1.165, 1.54) is 0 Å². The molecule has 0 spiro atoms. The van der Waals surface area contributed by atoms with Crippen LogP contribution in [0.3, 0.4) is 0 Å². The molecule has 5 nitrogen and oxygen atoms in total. The number of amides is 1. The molecule has 0 bridgehead atoms. The van der Waals surface area contributed by atoms with E-state index in [2.05, 4.69) is 16.3 Å². The Kier molecular flexibility index (Phi) is 5.43. The summed E-state index contributed by atoms with van der Waals surface area (Å²) < 4.78 is 0. The van der Waals surface area contributed by atoms with Crippen molar-refractivity contribution in [1.82, 2.24) is 5.32 Å². The van der Waals surface area contributed by atoms with Gasteiger partial charge in [0.05, 0.1) is 22.2 Å². The van der Waals surface area contributed by atoms with Gasteiger partial charge in [0.1, 0.15) is 6.07 Å². The summed E-state index contributed by atoms with van der Waals surface area (Å²) in [5.41, 5.74) is 6.68. The first-order chi connectivity index (χ1) is 10.2. The van der Waals surface area contributed by atoms with Crippen molar-refractivity contribution in [2.75, 3.05) is 31.1 Å². The van der Waals surface area contributed by atoms with Gasteiger partial charge in [0.2, 0.25) is 5.91 Å². The molecule has 1 amide bonds. The largest absolute Gasteiger partial charge is 0.370 e. The van der Waals surface area contributed by atoms with E-state index in [1.807, 2.05) is 12.1 Å². The van der Waals surface area contributed by atoms with Crippen LogP contribution in [0.25, 0.3) is 0 Å². The third kappa shape index (κ3) is 3.66. The molecule has 0 saturated carbocycles. The molecule has 1 unspecified atom stereocenters. The molecule has 1 aliphatic heterocycles. The van der Waals surface area contributed by atoms with Crippen molar-refractivity contribution in [3.05, 3.63) is 28.8 Å². The van der Waals surface area contributed by atoms with Crippen LogP contribution in [0.2, 0.25) is 5.02 Å². The number of nitriles is 1. The molecular formula is C15H19ClN4O. The molecule has 1 saturated heterocycles. The van der Waals surface area contributed by atoms with E-state index >= 15 is 0 Å². The van der Waals surface area contributed by atoms with Gasteiger partial charge in [-0.3, -0.25) is 4.79 Å². The highest BCUT2D eigenvalue weighted by atomic mass is 35.5. The topological polar surface area (TPSA) is 82.2 Å². The maximum Gasteiger partial charge on any atom is 0.224 e. The minimum atomic E-state index is -0.0733. The van der Waals surface area contributed by atoms with E-state index in [9.17, 15) is 10.1 Å². The molecular weight excluding hydrogens is 288 g/mol. The number of hydrogen-bond acceptors (Lipinski definition) is 4. The lowest BCUT2D eigenvalue weighted by Gasteiger charge is -2.34. The summed E-state index contributed by atoms with van der Waals surface area (Å²) in [6.07, 6.45) is 1.77. The Morgan fingerprint density at radius 1 is 1.57 bits per heavy atom. The van der Waals surface area contributed by atoms with Crippen molar-refractivity contribution in [3.8, 4) is 6.07 Å². The average molecular weight is 307 g/mol. The number of benzene rings is 1. The number of halogens is 1. The highest BCUT2D eigenvalue weighted by molar-refractivity contribution is 6.32. The fraction of sp³-hybridized carbons (Fsp3) is 0.467. The van der Waals surface area contributed by atoms with Gasteiger partial charge in [0, 0.05) is 26.2 Å². The van der Waals surface area contributed by atoms with Crippen LogP contribution in [0.4, 0.5) is 5.69 Å². The zero-order valence-electron chi connectivity index (χ0n) is 11.8. The third-order valence-corrected chi connectivity index (χ3v) is 3.99. The second-order valence-electron chi connectivity index (χ2n) is 5.11. The van der Waals surface area contributed by atoms with Crippen molar-refractivity contribution in [2.24, 2.45) is 11.7 Å². The number of rotatable bonds is 4. The maximum absolute atomic E-state index is 12.1. The summed E-state index contributed by atoms with van der Waals surface area (Å²) >= 11 is 6.07. The quantitative estimate of drug-likeness (QED) is 0.883. The van der Waals surface area contributed by atoms with Crippen LogP contribution in [-0.2, 0) is 4.79 Å². The summed E-state index contributed by atoms with van der Waals surface area (Å²) in [5, 5.41) is 12.5. The van der Waals surface area contributed by atoms with E-state index in [-0.39, 0.29) is 11.8 Å². The molecule has 2 rings (SSSR count). The van der Waals surface area contributed by atoms with Crippen LogP contribution in [0.1, 0.15) is 18.4 Å². The second-order valence-corrected chi connectivity index (χ2v) is 5.52. The SMILES string of the molecule is N#Cc1c(Cl)cccc1N1CCCC(C(=O)NCCN)C1. The molecule has 1 fully saturated rings. The Morgan fingerprint density at radius 2 is 2.38 bits per heavy atom. The van der Waals surface area contributed by atoms with Gasteiger partial charge in [-0.15, -0.1) is 0 Å². The van der Waals surface area contributed by atoms with Crippen molar-refractivity contribution in [3.63, 3.8) is 0 Å². The molecule has 0 radical (unpaired) electrons. The summed E-state index contributed by atoms with van der Waals surface area (Å²) in [6.45, 7) is 2.37. The average Bonchev–Trinajstić information content (AvgIpc) is 2.52. The number of anilines is 1. The molecule has 1 aromatic rings. The number of carbonyl (C=O) groups is 1. The monoisotopic (exact) mass is 306 g/mol. The lowest BCUT2D eigenvalue weighted by molar-refractivity contribution is -0.125. The fourth-order valence-corrected chi connectivity index (χ4v) is 2.85. The summed E-state index contributed by atoms with van der Waals surface area (Å²) in [5.74, 6) is -0.0403. The lowest BCUT2D eigenvalue weighted by Crippen LogP contribution is -2.44. The number of nitrogens with two attached hydrogens (primary N) is 1. The summed E-state index contributed by atoms with van der Waals surface area (Å²) in [7, 11) is 0. The van der Waals surface area contributed by atoms with Gasteiger partial charge in [-0.05, 0) is 25.0 Å². The number of piperidine rings is 1. The lowest BCUT2D eigenvalue weighted by atomic mass is 9.96. The standard InChI is InChI=1S/C15H19ClN4O/c16-13-4-1-5-14(12(13)9-18)20-8-2-3-11(10-20)15(21)19-7-6-17/h1,4-5,11H,2-3,6-8,10,17H2,(H,19,21). The highest BCUT2D eigenvalue weighted by Gasteiger charge is 2.27. The second kappa shape index (κ2) is 7.30. The maximum atomic E-state index is 12.1. The molecule has 21 heavy (non-hydrogen) atoms. The Hall–Kier alpha value is -1.77. The Morgan fingerprint density at radius 3 is 3.10 bits per heavy atom. The van der Waals surface area contributed by atoms with Crippen LogP contribution in [0.5, 0.6) is 0 Å². The van der Waals surface area contributed by atoms with Crippen molar-refractivity contribution in [2.45, 2.75) is 12.8 Å². The first-order valence-electron chi connectivity index (χ1n) is 7.08. The van der Waals surface area contributed by atoms with Gasteiger partial charge in [0.25, 0.3) is 0 Å². The zero-order chi connectivity index (χ0) is 15.2. The van der Waals surface area contributed by atoms with Gasteiger partial charge in [-0.1, -0.05) is 17.7 Å². The molecule has 0 aliphatic carbocycles. The molecule has 1 atom stereocenters. The van der Waals surface area contributed by atoms with E-state index in [1.54, 1.807) is 6.07 Å². The Labute approximate surface area is 129 Å². The zero-order valence-corrected chi connectivity index (χ0v) is 12.6. The minimum absolute atomic E-state index is 0.0330. The van der Waals surface area contributed by atoms with Crippen LogP contribution < -0.4 is 16.0 Å². The minimum Gasteiger partial charge on any atom is -0.370 e. The van der Waals surface area contributed by atoms with Gasteiger partial charge >= 0.3 is 0 Å². The van der Waals surface area contributed by atoms with Gasteiger partial charge in [-0.25, -0.2) is 0 Å². The van der Waals surface area contributed by atoms with E-state index in [0.29, 0.717) is 30.2 Å². The number of hydrogen-bond donors (Lipinski definition) is 2. The Bertz CT molecular complexity index is 555. The smallest absolute Gasteiger partial charge is 0.224 e. The summed E-state index contributed by atoms with van der Waals surface area (Å²) in [4.78, 5) is 14.1. The van der Waals surface area contributed by atoms with Crippen LogP contribution in [0.15, 0.2) is 18.2 Å². The van der Waals surface area contributed by atoms with Gasteiger partial charge in [-0.2, -0.15) is 5.26 Å². The molecule has 6 heteroatoms. The first kappa shape index (κ1) is 15.6. The Balaban J connectivity index is 2.13. The van der Waals surface area contributed by atoms with E-state index < -0.39 is 0 Å². The van der Waals surface area contributed by atoms with Crippen molar-refractivity contribution < 1.29 is 4.79 Å². The third-order valence-electron chi connectivity index (χ3n) is 3.68. The van der Waals surface area contributed by atoms with Crippen LogP contribution >= 0.6 is 11.6 Å². The van der Waals surface area contributed by atoms with Crippen LogP contribution in [-0.4, -0.2) is 32.1 Å².